The summed E-state index contributed by atoms with van der Waals surface area (Å²) in [6, 6.07) is 17.1. The predicted molar refractivity (Wildman–Crippen MR) is 133 cm³/mol. The van der Waals surface area contributed by atoms with Gasteiger partial charge >= 0.3 is 0 Å². The molecule has 4 nitrogen and oxygen atoms in total. The molecule has 3 heterocycles. The Balaban J connectivity index is 0.000000152. The Morgan fingerprint density at radius 2 is 1.94 bits per heavy atom. The predicted octanol–water partition coefficient (Wildman–Crippen LogP) is 6.02. The van der Waals surface area contributed by atoms with E-state index < -0.39 is 0 Å². The van der Waals surface area contributed by atoms with Crippen LogP contribution in [-0.4, -0.2) is 36.2 Å². The minimum Gasteiger partial charge on any atom is -0.373 e. The van der Waals surface area contributed by atoms with Crippen molar-refractivity contribution in [2.45, 2.75) is 25.8 Å². The van der Waals surface area contributed by atoms with E-state index in [0.29, 0.717) is 0 Å². The van der Waals surface area contributed by atoms with Crippen molar-refractivity contribution < 1.29 is 0 Å². The number of nitrogens with zero attached hydrogens (tertiary/aromatic N) is 3. The molecule has 0 spiro atoms. The molecule has 1 saturated heterocycles. The highest BCUT2D eigenvalue weighted by molar-refractivity contribution is 5.90. The molecule has 2 aliphatic rings. The zero-order valence-electron chi connectivity index (χ0n) is 18.2. The minimum absolute atomic E-state index is 0.895. The lowest BCUT2D eigenvalue weighted by atomic mass is 10.0. The second kappa shape index (κ2) is 10.2. The molecule has 5 rings (SSSR count). The largest absolute Gasteiger partial charge is 0.373 e. The van der Waals surface area contributed by atoms with Crippen LogP contribution in [0.2, 0.25) is 0 Å². The molecule has 1 N–H and O–H groups in total. The molecule has 0 radical (unpaired) electrons. The summed E-state index contributed by atoms with van der Waals surface area (Å²) in [5.41, 5.74) is 5.14. The van der Waals surface area contributed by atoms with Crippen LogP contribution in [0.25, 0.3) is 22.4 Å². The van der Waals surface area contributed by atoms with E-state index in [1.165, 1.54) is 53.6 Å². The summed E-state index contributed by atoms with van der Waals surface area (Å²) in [7, 11) is 1.88. The smallest absolute Gasteiger partial charge is 0.126 e. The SMILES string of the molecule is C=Cc1cccc(CN2CCCC2)c1.CNc1cc2cc(C3=CN=CC3)ccc2cn1. The number of anilines is 1. The summed E-state index contributed by atoms with van der Waals surface area (Å²) in [4.78, 5) is 11.0. The van der Waals surface area contributed by atoms with E-state index in [2.05, 4.69) is 75.3 Å². The van der Waals surface area contributed by atoms with Crippen molar-refractivity contribution in [1.29, 1.82) is 0 Å². The van der Waals surface area contributed by atoms with E-state index >= 15 is 0 Å². The van der Waals surface area contributed by atoms with Crippen molar-refractivity contribution in [3.8, 4) is 0 Å². The monoisotopic (exact) mass is 410 g/mol. The first-order chi connectivity index (χ1) is 15.2. The van der Waals surface area contributed by atoms with Crippen LogP contribution in [0.5, 0.6) is 0 Å². The summed E-state index contributed by atoms with van der Waals surface area (Å²) in [5.74, 6) is 0.895. The van der Waals surface area contributed by atoms with Gasteiger partial charge in [0.2, 0.25) is 0 Å². The molecule has 0 aliphatic carbocycles. The van der Waals surface area contributed by atoms with Crippen molar-refractivity contribution in [2.24, 2.45) is 4.99 Å². The molecule has 2 aliphatic heterocycles. The molecular weight excluding hydrogens is 380 g/mol. The van der Waals surface area contributed by atoms with E-state index in [1.54, 1.807) is 0 Å². The highest BCUT2D eigenvalue weighted by Gasteiger charge is 2.11. The summed E-state index contributed by atoms with van der Waals surface area (Å²) < 4.78 is 0. The molecule has 0 atom stereocenters. The standard InChI is InChI=1S/C14H13N3.C13H17N/c1-15-14-7-13-6-10(12-4-5-16-8-12)2-3-11(13)9-17-14;1-2-12-6-5-7-13(10-12)11-14-8-3-4-9-14/h2-3,5-9H,4H2,1H3,(H,15,17);2,5-7,10H,1,3-4,8-9,11H2. The zero-order chi connectivity index (χ0) is 21.5. The van der Waals surface area contributed by atoms with Crippen LogP contribution in [0.15, 0.2) is 72.5 Å². The number of likely N-dealkylation sites (tertiary alicyclic amines) is 1. The Morgan fingerprint density at radius 1 is 1.06 bits per heavy atom. The van der Waals surface area contributed by atoms with Crippen molar-refractivity contribution in [2.75, 3.05) is 25.5 Å². The molecule has 0 bridgehead atoms. The van der Waals surface area contributed by atoms with Gasteiger partial charge in [0.05, 0.1) is 0 Å². The molecule has 0 unspecified atom stereocenters. The average Bonchev–Trinajstić information content (AvgIpc) is 3.53. The fourth-order valence-electron chi connectivity index (χ4n) is 4.03. The molecule has 3 aromatic rings. The van der Waals surface area contributed by atoms with Gasteiger partial charge in [0.15, 0.2) is 0 Å². The van der Waals surface area contributed by atoms with Crippen LogP contribution in [0.3, 0.4) is 0 Å². The second-order valence-corrected chi connectivity index (χ2v) is 8.00. The quantitative estimate of drug-likeness (QED) is 0.559. The molecule has 1 fully saturated rings. The first kappa shape index (κ1) is 21.0. The van der Waals surface area contributed by atoms with Gasteiger partial charge in [-0.2, -0.15) is 0 Å². The summed E-state index contributed by atoms with van der Waals surface area (Å²) in [6.07, 6.45) is 11.3. The molecule has 158 valence electrons. The van der Waals surface area contributed by atoms with Gasteiger partial charge in [-0.1, -0.05) is 49.1 Å². The van der Waals surface area contributed by atoms with Crippen LogP contribution < -0.4 is 5.32 Å². The van der Waals surface area contributed by atoms with Gasteiger partial charge < -0.3 is 5.32 Å². The zero-order valence-corrected chi connectivity index (χ0v) is 18.2. The normalized spacial score (nSPS) is 15.5. The van der Waals surface area contributed by atoms with Gasteiger partial charge in [0.25, 0.3) is 0 Å². The highest BCUT2D eigenvalue weighted by atomic mass is 15.1. The minimum atomic E-state index is 0.895. The third-order valence-corrected chi connectivity index (χ3v) is 5.79. The van der Waals surface area contributed by atoms with Crippen LogP contribution in [0.4, 0.5) is 5.82 Å². The average molecular weight is 411 g/mol. The van der Waals surface area contributed by atoms with Gasteiger partial charge in [0.1, 0.15) is 5.82 Å². The number of rotatable bonds is 5. The molecule has 2 aromatic carbocycles. The number of hydrogen-bond donors (Lipinski definition) is 1. The first-order valence-electron chi connectivity index (χ1n) is 11.0. The van der Waals surface area contributed by atoms with Gasteiger partial charge in [-0.05, 0) is 65.7 Å². The topological polar surface area (TPSA) is 40.5 Å². The molecular formula is C27H30N4. The first-order valence-corrected chi connectivity index (χ1v) is 11.0. The number of aliphatic imine (C=N–C) groups is 1. The third-order valence-electron chi connectivity index (χ3n) is 5.79. The summed E-state index contributed by atoms with van der Waals surface area (Å²) in [6.45, 7) is 7.41. The lowest BCUT2D eigenvalue weighted by molar-refractivity contribution is 0.331. The van der Waals surface area contributed by atoms with Gasteiger partial charge in [0, 0.05) is 44.0 Å². The number of pyridine rings is 1. The molecule has 0 saturated carbocycles. The highest BCUT2D eigenvalue weighted by Crippen LogP contribution is 2.25. The molecule has 0 amide bonds. The van der Waals surface area contributed by atoms with E-state index in [1.807, 2.05) is 31.7 Å². The number of nitrogens with one attached hydrogen (secondary N) is 1. The number of aromatic nitrogens is 1. The lowest BCUT2D eigenvalue weighted by Crippen LogP contribution is -2.18. The molecule has 4 heteroatoms. The third kappa shape index (κ3) is 5.47. The molecule has 31 heavy (non-hydrogen) atoms. The van der Waals surface area contributed by atoms with E-state index in [4.69, 9.17) is 0 Å². The Morgan fingerprint density at radius 3 is 2.68 bits per heavy atom. The maximum absolute atomic E-state index is 4.30. The number of fused-ring (bicyclic) bond motifs is 1. The number of hydrogen-bond acceptors (Lipinski definition) is 4. The van der Waals surface area contributed by atoms with Crippen molar-refractivity contribution in [3.63, 3.8) is 0 Å². The summed E-state index contributed by atoms with van der Waals surface area (Å²) >= 11 is 0. The van der Waals surface area contributed by atoms with Crippen LogP contribution in [0, 0.1) is 0 Å². The van der Waals surface area contributed by atoms with Gasteiger partial charge in [-0.3, -0.25) is 9.89 Å². The van der Waals surface area contributed by atoms with Crippen LogP contribution in [0.1, 0.15) is 36.0 Å². The Hall–Kier alpha value is -3.24. The fourth-order valence-corrected chi connectivity index (χ4v) is 4.03. The Labute approximate surface area is 185 Å². The van der Waals surface area contributed by atoms with Crippen molar-refractivity contribution in [3.05, 3.63) is 84.2 Å². The van der Waals surface area contributed by atoms with Crippen LogP contribution in [-0.2, 0) is 6.54 Å². The number of benzene rings is 2. The second-order valence-electron chi connectivity index (χ2n) is 8.00. The maximum Gasteiger partial charge on any atom is 0.126 e. The Bertz CT molecular complexity index is 1110. The van der Waals surface area contributed by atoms with E-state index in [-0.39, 0.29) is 0 Å². The summed E-state index contributed by atoms with van der Waals surface area (Å²) in [5, 5.41) is 5.42. The van der Waals surface area contributed by atoms with E-state index in [0.717, 1.165) is 24.2 Å². The van der Waals surface area contributed by atoms with Gasteiger partial charge in [-0.15, -0.1) is 0 Å². The number of allylic oxidation sites excluding steroid dienone is 1. The Kier molecular flexibility index (Phi) is 6.90. The lowest BCUT2D eigenvalue weighted by Gasteiger charge is -2.14. The van der Waals surface area contributed by atoms with Crippen LogP contribution >= 0.6 is 0 Å². The van der Waals surface area contributed by atoms with Gasteiger partial charge in [-0.25, -0.2) is 4.98 Å². The van der Waals surface area contributed by atoms with E-state index in [9.17, 15) is 0 Å². The van der Waals surface area contributed by atoms with Crippen molar-refractivity contribution >= 4 is 34.5 Å². The maximum atomic E-state index is 4.30. The molecule has 1 aromatic heterocycles. The van der Waals surface area contributed by atoms with Crippen molar-refractivity contribution in [1.82, 2.24) is 9.88 Å². The fraction of sp³-hybridized carbons (Fsp3) is 0.259.